The molecule has 1 saturated heterocycles. The topological polar surface area (TPSA) is 65.5 Å². The van der Waals surface area contributed by atoms with E-state index in [1.54, 1.807) is 4.90 Å². The maximum Gasteiger partial charge on any atom is 0.326 e. The van der Waals surface area contributed by atoms with E-state index in [9.17, 15) is 9.59 Å². The largest absolute Gasteiger partial charge is 0.349 e. The smallest absolute Gasteiger partial charge is 0.326 e. The lowest BCUT2D eigenvalue weighted by molar-refractivity contribution is 0.0947. The number of hydrogen-bond donors (Lipinski definition) is 1. The SMILES string of the molecule is Cc1ccccc1CN1CCN(c2ncc(C(=O)NC(C)C)s2)C1=O. The first kappa shape index (κ1) is 17.4. The maximum atomic E-state index is 12.7. The lowest BCUT2D eigenvalue weighted by Gasteiger charge is -2.18. The van der Waals surface area contributed by atoms with Crippen LogP contribution >= 0.6 is 11.3 Å². The van der Waals surface area contributed by atoms with Gasteiger partial charge in [0.15, 0.2) is 5.13 Å². The van der Waals surface area contributed by atoms with Crippen molar-refractivity contribution < 1.29 is 9.59 Å². The summed E-state index contributed by atoms with van der Waals surface area (Å²) in [5.41, 5.74) is 2.32. The average Bonchev–Trinajstić information content (AvgIpc) is 3.17. The number of carbonyl (C=O) groups is 2. The minimum atomic E-state index is -0.151. The number of benzene rings is 1. The van der Waals surface area contributed by atoms with Gasteiger partial charge in [-0.15, -0.1) is 0 Å². The summed E-state index contributed by atoms with van der Waals surface area (Å²) < 4.78 is 0. The van der Waals surface area contributed by atoms with Crippen molar-refractivity contribution in [3.05, 3.63) is 46.5 Å². The van der Waals surface area contributed by atoms with Gasteiger partial charge in [0.1, 0.15) is 4.88 Å². The lowest BCUT2D eigenvalue weighted by Crippen LogP contribution is -2.31. The Bertz CT molecular complexity index is 787. The van der Waals surface area contributed by atoms with Crippen molar-refractivity contribution in [2.45, 2.75) is 33.4 Å². The quantitative estimate of drug-likeness (QED) is 0.893. The van der Waals surface area contributed by atoms with Gasteiger partial charge in [-0.25, -0.2) is 9.78 Å². The fraction of sp³-hybridized carbons (Fsp3) is 0.389. The molecule has 0 spiro atoms. The lowest BCUT2D eigenvalue weighted by atomic mass is 10.1. The van der Waals surface area contributed by atoms with Crippen molar-refractivity contribution >= 4 is 28.4 Å². The molecule has 25 heavy (non-hydrogen) atoms. The maximum absolute atomic E-state index is 12.7. The first-order chi connectivity index (χ1) is 12.0. The molecular formula is C18H22N4O2S. The molecule has 1 aliphatic rings. The van der Waals surface area contributed by atoms with Crippen LogP contribution in [0.3, 0.4) is 0 Å². The molecule has 2 aromatic rings. The number of nitrogens with one attached hydrogen (secondary N) is 1. The second-order valence-corrected chi connectivity index (χ2v) is 7.43. The Hall–Kier alpha value is -2.41. The highest BCUT2D eigenvalue weighted by Gasteiger charge is 2.32. The molecule has 7 heteroatoms. The van der Waals surface area contributed by atoms with Crippen LogP contribution in [0.2, 0.25) is 0 Å². The number of aromatic nitrogens is 1. The van der Waals surface area contributed by atoms with Gasteiger partial charge in [-0.2, -0.15) is 0 Å². The Morgan fingerprint density at radius 3 is 2.80 bits per heavy atom. The molecule has 132 valence electrons. The van der Waals surface area contributed by atoms with Gasteiger partial charge in [-0.05, 0) is 31.9 Å². The molecular weight excluding hydrogens is 336 g/mol. The minimum absolute atomic E-state index is 0.0616. The zero-order valence-corrected chi connectivity index (χ0v) is 15.5. The van der Waals surface area contributed by atoms with E-state index in [0.29, 0.717) is 29.6 Å². The molecule has 0 saturated carbocycles. The Morgan fingerprint density at radius 2 is 2.08 bits per heavy atom. The van der Waals surface area contributed by atoms with Gasteiger partial charge in [0.2, 0.25) is 0 Å². The molecule has 0 bridgehead atoms. The number of amides is 3. The summed E-state index contributed by atoms with van der Waals surface area (Å²) in [4.78, 5) is 33.0. The number of nitrogens with zero attached hydrogens (tertiary/aromatic N) is 3. The van der Waals surface area contributed by atoms with Crippen molar-refractivity contribution in [2.24, 2.45) is 0 Å². The highest BCUT2D eigenvalue weighted by atomic mass is 32.1. The fourth-order valence-electron chi connectivity index (χ4n) is 2.73. The van der Waals surface area contributed by atoms with Crippen molar-refractivity contribution in [1.82, 2.24) is 15.2 Å². The van der Waals surface area contributed by atoms with Gasteiger partial charge >= 0.3 is 6.03 Å². The summed E-state index contributed by atoms with van der Waals surface area (Å²) in [6, 6.07) is 8.08. The van der Waals surface area contributed by atoms with Crippen LogP contribution < -0.4 is 10.2 Å². The zero-order valence-electron chi connectivity index (χ0n) is 14.7. The Labute approximate surface area is 151 Å². The first-order valence-electron chi connectivity index (χ1n) is 8.33. The number of thiazole rings is 1. The van der Waals surface area contributed by atoms with Crippen molar-refractivity contribution in [1.29, 1.82) is 0 Å². The number of anilines is 1. The molecule has 0 atom stereocenters. The summed E-state index contributed by atoms with van der Waals surface area (Å²) in [5, 5.41) is 3.41. The van der Waals surface area contributed by atoms with Gasteiger partial charge in [-0.3, -0.25) is 9.69 Å². The van der Waals surface area contributed by atoms with E-state index < -0.39 is 0 Å². The van der Waals surface area contributed by atoms with Crippen LogP contribution in [0.5, 0.6) is 0 Å². The number of hydrogen-bond acceptors (Lipinski definition) is 4. The first-order valence-corrected chi connectivity index (χ1v) is 9.15. The van der Waals surface area contributed by atoms with Crippen LogP contribution in [0.1, 0.15) is 34.6 Å². The van der Waals surface area contributed by atoms with Crippen molar-refractivity contribution in [3.63, 3.8) is 0 Å². The summed E-state index contributed by atoms with van der Waals surface area (Å²) in [6.45, 7) is 7.70. The predicted molar refractivity (Wildman–Crippen MR) is 99.0 cm³/mol. The highest BCUT2D eigenvalue weighted by molar-refractivity contribution is 7.17. The summed E-state index contributed by atoms with van der Waals surface area (Å²) in [5.74, 6) is -0.151. The van der Waals surface area contributed by atoms with E-state index in [0.717, 1.165) is 5.56 Å². The van der Waals surface area contributed by atoms with Crippen LogP contribution in [-0.4, -0.2) is 41.0 Å². The fourth-order valence-corrected chi connectivity index (χ4v) is 3.57. The van der Waals surface area contributed by atoms with E-state index in [2.05, 4.69) is 10.3 Å². The molecule has 0 unspecified atom stereocenters. The molecule has 1 N–H and O–H groups in total. The second-order valence-electron chi connectivity index (χ2n) is 6.42. The third-order valence-electron chi connectivity index (χ3n) is 4.09. The Balaban J connectivity index is 1.69. The average molecular weight is 358 g/mol. The molecule has 3 rings (SSSR count). The Kier molecular flexibility index (Phi) is 5.03. The molecule has 3 amide bonds. The van der Waals surface area contributed by atoms with Crippen LogP contribution in [0, 0.1) is 6.92 Å². The number of rotatable bonds is 5. The normalized spacial score (nSPS) is 14.5. The third kappa shape index (κ3) is 3.82. The van der Waals surface area contributed by atoms with Crippen molar-refractivity contribution in [3.8, 4) is 0 Å². The van der Waals surface area contributed by atoms with E-state index in [4.69, 9.17) is 0 Å². The van der Waals surface area contributed by atoms with Gasteiger partial charge in [0.05, 0.1) is 6.20 Å². The molecule has 0 radical (unpaired) electrons. The Morgan fingerprint density at radius 1 is 1.32 bits per heavy atom. The molecule has 2 heterocycles. The van der Waals surface area contributed by atoms with Crippen LogP contribution in [0.25, 0.3) is 0 Å². The van der Waals surface area contributed by atoms with E-state index in [1.165, 1.54) is 23.1 Å². The van der Waals surface area contributed by atoms with E-state index in [1.807, 2.05) is 49.9 Å². The van der Waals surface area contributed by atoms with Gasteiger partial charge in [0.25, 0.3) is 5.91 Å². The van der Waals surface area contributed by atoms with Gasteiger partial charge in [-0.1, -0.05) is 35.6 Å². The van der Waals surface area contributed by atoms with Crippen LogP contribution in [0.15, 0.2) is 30.5 Å². The number of urea groups is 1. The molecule has 1 aromatic carbocycles. The highest BCUT2D eigenvalue weighted by Crippen LogP contribution is 2.27. The van der Waals surface area contributed by atoms with Crippen LogP contribution in [0.4, 0.5) is 9.93 Å². The molecule has 1 aliphatic heterocycles. The van der Waals surface area contributed by atoms with Crippen LogP contribution in [-0.2, 0) is 6.54 Å². The molecule has 1 fully saturated rings. The third-order valence-corrected chi connectivity index (χ3v) is 5.10. The summed E-state index contributed by atoms with van der Waals surface area (Å²) in [6.07, 6.45) is 1.54. The number of carbonyl (C=O) groups excluding carboxylic acids is 2. The predicted octanol–water partition coefficient (Wildman–Crippen LogP) is 3.03. The number of aryl methyl sites for hydroxylation is 1. The van der Waals surface area contributed by atoms with E-state index >= 15 is 0 Å². The monoisotopic (exact) mass is 358 g/mol. The zero-order chi connectivity index (χ0) is 18.0. The second kappa shape index (κ2) is 7.23. The molecule has 0 aliphatic carbocycles. The summed E-state index contributed by atoms with van der Waals surface area (Å²) in [7, 11) is 0. The van der Waals surface area contributed by atoms with Crippen molar-refractivity contribution in [2.75, 3.05) is 18.0 Å². The standard InChI is InChI=1S/C18H22N4O2S/c1-12(2)20-16(23)15-10-19-17(25-15)22-9-8-21(18(22)24)11-14-7-5-4-6-13(14)3/h4-7,10,12H,8-9,11H2,1-3H3,(H,20,23). The molecule has 6 nitrogen and oxygen atoms in total. The van der Waals surface area contributed by atoms with Gasteiger partial charge in [0, 0.05) is 25.7 Å². The van der Waals surface area contributed by atoms with Gasteiger partial charge < -0.3 is 10.2 Å². The van der Waals surface area contributed by atoms with E-state index in [-0.39, 0.29) is 18.0 Å². The molecule has 1 aromatic heterocycles. The minimum Gasteiger partial charge on any atom is -0.349 e. The summed E-state index contributed by atoms with van der Waals surface area (Å²) >= 11 is 1.25.